The lowest BCUT2D eigenvalue weighted by molar-refractivity contribution is -0.305. The first kappa shape index (κ1) is 15.6. The second-order valence-electron chi connectivity index (χ2n) is 4.86. The third kappa shape index (κ3) is 4.94. The smallest absolute Gasteiger partial charge is 0.224 e. The summed E-state index contributed by atoms with van der Waals surface area (Å²) in [4.78, 5) is 21.8. The summed E-state index contributed by atoms with van der Waals surface area (Å²) in [7, 11) is 0. The van der Waals surface area contributed by atoms with Gasteiger partial charge in [-0.25, -0.2) is 0 Å². The SMILES string of the molecule is Cc1ccc(Oc2ccc(NC(=O)CCC(=O)[O-])cc2)cc1. The van der Waals surface area contributed by atoms with Crippen molar-refractivity contribution in [2.75, 3.05) is 5.32 Å². The predicted octanol–water partition coefficient (Wildman–Crippen LogP) is 2.26. The molecule has 0 saturated carbocycles. The molecular formula is C17H16NO4-. The van der Waals surface area contributed by atoms with Crippen LogP contribution in [-0.2, 0) is 9.59 Å². The Morgan fingerprint density at radius 1 is 0.955 bits per heavy atom. The number of nitrogens with one attached hydrogen (secondary N) is 1. The van der Waals surface area contributed by atoms with E-state index in [9.17, 15) is 14.7 Å². The molecule has 114 valence electrons. The van der Waals surface area contributed by atoms with Gasteiger partial charge in [-0.2, -0.15) is 0 Å². The van der Waals surface area contributed by atoms with Crippen LogP contribution in [0.4, 0.5) is 5.69 Å². The monoisotopic (exact) mass is 298 g/mol. The van der Waals surface area contributed by atoms with Crippen LogP contribution >= 0.6 is 0 Å². The fraction of sp³-hybridized carbons (Fsp3) is 0.176. The molecule has 0 radical (unpaired) electrons. The molecule has 0 aliphatic carbocycles. The standard InChI is InChI=1S/C17H17NO4/c1-12-2-6-14(7-3-12)22-15-8-4-13(5-9-15)18-16(19)10-11-17(20)21/h2-9H,10-11H2,1H3,(H,18,19)(H,20,21)/p-1. The molecule has 0 heterocycles. The summed E-state index contributed by atoms with van der Waals surface area (Å²) in [6.45, 7) is 2.00. The summed E-state index contributed by atoms with van der Waals surface area (Å²) < 4.78 is 5.67. The second-order valence-corrected chi connectivity index (χ2v) is 4.86. The van der Waals surface area contributed by atoms with E-state index in [-0.39, 0.29) is 18.7 Å². The molecule has 0 aliphatic rings. The normalized spacial score (nSPS) is 10.0. The Balaban J connectivity index is 1.91. The van der Waals surface area contributed by atoms with E-state index in [1.807, 2.05) is 31.2 Å². The van der Waals surface area contributed by atoms with Crippen LogP contribution in [0.3, 0.4) is 0 Å². The lowest BCUT2D eigenvalue weighted by atomic mass is 10.2. The predicted molar refractivity (Wildman–Crippen MR) is 80.6 cm³/mol. The third-order valence-corrected chi connectivity index (χ3v) is 2.95. The maximum atomic E-state index is 11.5. The van der Waals surface area contributed by atoms with Crippen molar-refractivity contribution in [2.45, 2.75) is 19.8 Å². The van der Waals surface area contributed by atoms with Crippen LogP contribution in [0.5, 0.6) is 11.5 Å². The highest BCUT2D eigenvalue weighted by molar-refractivity contribution is 5.92. The third-order valence-electron chi connectivity index (χ3n) is 2.95. The van der Waals surface area contributed by atoms with Gasteiger partial charge in [-0.15, -0.1) is 0 Å². The number of anilines is 1. The number of aliphatic carboxylic acids is 1. The first-order chi connectivity index (χ1) is 10.5. The highest BCUT2D eigenvalue weighted by Gasteiger charge is 2.03. The molecule has 1 N–H and O–H groups in total. The van der Waals surface area contributed by atoms with Crippen LogP contribution in [0.15, 0.2) is 48.5 Å². The zero-order valence-electron chi connectivity index (χ0n) is 12.2. The van der Waals surface area contributed by atoms with E-state index in [2.05, 4.69) is 5.32 Å². The zero-order valence-corrected chi connectivity index (χ0v) is 12.2. The van der Waals surface area contributed by atoms with Crippen molar-refractivity contribution < 1.29 is 19.4 Å². The van der Waals surface area contributed by atoms with Crippen LogP contribution in [-0.4, -0.2) is 11.9 Å². The molecule has 0 spiro atoms. The van der Waals surface area contributed by atoms with Crippen molar-refractivity contribution >= 4 is 17.6 Å². The summed E-state index contributed by atoms with van der Waals surface area (Å²) in [6, 6.07) is 14.5. The molecule has 0 unspecified atom stereocenters. The summed E-state index contributed by atoms with van der Waals surface area (Å²) in [6.07, 6.45) is -0.398. The van der Waals surface area contributed by atoms with Crippen molar-refractivity contribution in [3.63, 3.8) is 0 Å². The van der Waals surface area contributed by atoms with Crippen molar-refractivity contribution in [3.8, 4) is 11.5 Å². The fourth-order valence-electron chi connectivity index (χ4n) is 1.79. The average Bonchev–Trinajstić information content (AvgIpc) is 2.49. The topological polar surface area (TPSA) is 78.5 Å². The molecule has 22 heavy (non-hydrogen) atoms. The van der Waals surface area contributed by atoms with Crippen LogP contribution in [0.1, 0.15) is 18.4 Å². The average molecular weight is 298 g/mol. The molecule has 2 aromatic carbocycles. The van der Waals surface area contributed by atoms with Crippen molar-refractivity contribution in [3.05, 3.63) is 54.1 Å². The Hall–Kier alpha value is -2.82. The van der Waals surface area contributed by atoms with E-state index in [1.54, 1.807) is 24.3 Å². The Morgan fingerprint density at radius 3 is 2.05 bits per heavy atom. The minimum atomic E-state index is -1.24. The Kier molecular flexibility index (Phi) is 5.14. The Labute approximate surface area is 128 Å². The van der Waals surface area contributed by atoms with Gasteiger partial charge in [0.1, 0.15) is 11.5 Å². The van der Waals surface area contributed by atoms with Gasteiger partial charge < -0.3 is 20.0 Å². The minimum Gasteiger partial charge on any atom is -0.550 e. The van der Waals surface area contributed by atoms with Gasteiger partial charge in [0.2, 0.25) is 5.91 Å². The number of carbonyl (C=O) groups is 2. The van der Waals surface area contributed by atoms with Crippen LogP contribution in [0, 0.1) is 6.92 Å². The molecule has 0 aromatic heterocycles. The molecule has 2 rings (SSSR count). The zero-order chi connectivity index (χ0) is 15.9. The van der Waals surface area contributed by atoms with E-state index in [1.165, 1.54) is 0 Å². The number of rotatable bonds is 6. The molecule has 5 heteroatoms. The molecule has 5 nitrogen and oxygen atoms in total. The molecule has 0 bridgehead atoms. The number of benzene rings is 2. The Bertz CT molecular complexity index is 647. The van der Waals surface area contributed by atoms with Crippen LogP contribution in [0.25, 0.3) is 0 Å². The van der Waals surface area contributed by atoms with Gasteiger partial charge >= 0.3 is 0 Å². The van der Waals surface area contributed by atoms with Crippen molar-refractivity contribution in [1.82, 2.24) is 0 Å². The van der Waals surface area contributed by atoms with Crippen molar-refractivity contribution in [2.24, 2.45) is 0 Å². The van der Waals surface area contributed by atoms with Gasteiger partial charge in [0.25, 0.3) is 0 Å². The van der Waals surface area contributed by atoms with Gasteiger partial charge in [-0.1, -0.05) is 17.7 Å². The first-order valence-electron chi connectivity index (χ1n) is 6.87. The van der Waals surface area contributed by atoms with Gasteiger partial charge in [-0.05, 0) is 49.7 Å². The first-order valence-corrected chi connectivity index (χ1v) is 6.87. The summed E-state index contributed by atoms with van der Waals surface area (Å²) >= 11 is 0. The molecule has 1 amide bonds. The van der Waals surface area contributed by atoms with E-state index in [0.717, 1.165) is 11.3 Å². The van der Waals surface area contributed by atoms with Gasteiger partial charge in [0.05, 0.1) is 0 Å². The number of ether oxygens (including phenoxy) is 1. The van der Waals surface area contributed by atoms with E-state index in [4.69, 9.17) is 4.74 Å². The van der Waals surface area contributed by atoms with E-state index in [0.29, 0.717) is 11.4 Å². The van der Waals surface area contributed by atoms with Crippen LogP contribution < -0.4 is 15.2 Å². The second kappa shape index (κ2) is 7.26. The number of aryl methyl sites for hydroxylation is 1. The summed E-state index contributed by atoms with van der Waals surface area (Å²) in [5, 5.41) is 12.9. The van der Waals surface area contributed by atoms with E-state index >= 15 is 0 Å². The van der Waals surface area contributed by atoms with E-state index < -0.39 is 5.97 Å². The Morgan fingerprint density at radius 2 is 1.50 bits per heavy atom. The number of amides is 1. The van der Waals surface area contributed by atoms with Crippen molar-refractivity contribution in [1.29, 1.82) is 0 Å². The molecule has 2 aromatic rings. The lowest BCUT2D eigenvalue weighted by Crippen LogP contribution is -2.24. The van der Waals surface area contributed by atoms with Gasteiger partial charge in [0, 0.05) is 18.1 Å². The maximum Gasteiger partial charge on any atom is 0.224 e. The molecule has 0 atom stereocenters. The summed E-state index contributed by atoms with van der Waals surface area (Å²) in [5.41, 5.74) is 1.74. The molecule has 0 fully saturated rings. The molecular weight excluding hydrogens is 282 g/mol. The largest absolute Gasteiger partial charge is 0.550 e. The number of carboxylic acids is 1. The molecule has 0 aliphatic heterocycles. The summed E-state index contributed by atoms with van der Waals surface area (Å²) in [5.74, 6) is -0.221. The van der Waals surface area contributed by atoms with Crippen LogP contribution in [0.2, 0.25) is 0 Å². The molecule has 0 saturated heterocycles. The number of hydrogen-bond acceptors (Lipinski definition) is 4. The minimum absolute atomic E-state index is 0.107. The van der Waals surface area contributed by atoms with Gasteiger partial charge in [0.15, 0.2) is 0 Å². The number of hydrogen-bond donors (Lipinski definition) is 1. The van der Waals surface area contributed by atoms with Gasteiger partial charge in [-0.3, -0.25) is 4.79 Å². The quantitative estimate of drug-likeness (QED) is 0.887. The highest BCUT2D eigenvalue weighted by Crippen LogP contribution is 2.23. The maximum absolute atomic E-state index is 11.5. The number of carbonyl (C=O) groups excluding carboxylic acids is 2. The fourth-order valence-corrected chi connectivity index (χ4v) is 1.79. The lowest BCUT2D eigenvalue weighted by Gasteiger charge is -2.08. The highest BCUT2D eigenvalue weighted by atomic mass is 16.5. The number of carboxylic acid groups (broad SMARTS) is 1.